The Labute approximate surface area is 120 Å². The van der Waals surface area contributed by atoms with Crippen molar-refractivity contribution >= 4 is 11.7 Å². The zero-order chi connectivity index (χ0) is 13.9. The summed E-state index contributed by atoms with van der Waals surface area (Å²) < 4.78 is 0. The highest BCUT2D eigenvalue weighted by atomic mass is 16.2. The molecule has 2 amide bonds. The van der Waals surface area contributed by atoms with Gasteiger partial charge in [0.2, 0.25) is 0 Å². The van der Waals surface area contributed by atoms with Crippen LogP contribution in [-0.4, -0.2) is 43.2 Å². The molecule has 1 heterocycles. The number of nitrogens with one attached hydrogen (secondary N) is 1. The first-order chi connectivity index (χ1) is 9.78. The minimum absolute atomic E-state index is 0.121. The quantitative estimate of drug-likeness (QED) is 0.917. The molecule has 3 rings (SSSR count). The number of piperazine rings is 1. The Morgan fingerprint density at radius 1 is 1.20 bits per heavy atom. The number of carbonyl (C=O) groups excluding carboxylic acids is 1. The first-order valence-corrected chi connectivity index (χ1v) is 7.66. The topological polar surface area (TPSA) is 35.6 Å². The lowest BCUT2D eigenvalue weighted by Gasteiger charge is -2.37. The van der Waals surface area contributed by atoms with Gasteiger partial charge >= 0.3 is 6.03 Å². The normalized spacial score (nSPS) is 19.1. The van der Waals surface area contributed by atoms with Crippen LogP contribution in [0.2, 0.25) is 0 Å². The fourth-order valence-corrected chi connectivity index (χ4v) is 2.76. The van der Waals surface area contributed by atoms with Crippen molar-refractivity contribution in [2.24, 2.45) is 0 Å². The second-order valence-corrected chi connectivity index (χ2v) is 5.68. The third-order valence-corrected chi connectivity index (χ3v) is 4.19. The second-order valence-electron chi connectivity index (χ2n) is 5.68. The van der Waals surface area contributed by atoms with Gasteiger partial charge in [0.25, 0.3) is 0 Å². The number of carbonyl (C=O) groups is 1. The number of urea groups is 1. The molecule has 0 radical (unpaired) electrons. The van der Waals surface area contributed by atoms with Crippen LogP contribution in [0, 0.1) is 0 Å². The van der Waals surface area contributed by atoms with Crippen molar-refractivity contribution in [2.45, 2.75) is 32.2 Å². The van der Waals surface area contributed by atoms with E-state index in [4.69, 9.17) is 0 Å². The molecule has 0 spiro atoms. The van der Waals surface area contributed by atoms with Crippen LogP contribution in [0.3, 0.4) is 0 Å². The summed E-state index contributed by atoms with van der Waals surface area (Å²) in [4.78, 5) is 16.4. The summed E-state index contributed by atoms with van der Waals surface area (Å²) in [6.45, 7) is 5.68. The van der Waals surface area contributed by atoms with Crippen molar-refractivity contribution < 1.29 is 4.79 Å². The number of amides is 2. The summed E-state index contributed by atoms with van der Waals surface area (Å²) in [7, 11) is 0. The van der Waals surface area contributed by atoms with E-state index in [1.165, 1.54) is 11.3 Å². The van der Waals surface area contributed by atoms with Crippen molar-refractivity contribution in [2.75, 3.05) is 31.1 Å². The highest BCUT2D eigenvalue weighted by Crippen LogP contribution is 2.23. The van der Waals surface area contributed by atoms with Crippen molar-refractivity contribution in [3.05, 3.63) is 29.8 Å². The Bertz CT molecular complexity index is 476. The minimum Gasteiger partial charge on any atom is -0.368 e. The van der Waals surface area contributed by atoms with Gasteiger partial charge in [0, 0.05) is 37.9 Å². The van der Waals surface area contributed by atoms with E-state index in [1.54, 1.807) is 0 Å². The van der Waals surface area contributed by atoms with Gasteiger partial charge in [-0.1, -0.05) is 25.1 Å². The zero-order valence-electron chi connectivity index (χ0n) is 12.1. The zero-order valence-corrected chi connectivity index (χ0v) is 12.1. The van der Waals surface area contributed by atoms with Gasteiger partial charge < -0.3 is 15.1 Å². The Hall–Kier alpha value is -1.71. The van der Waals surface area contributed by atoms with E-state index >= 15 is 0 Å². The lowest BCUT2D eigenvalue weighted by Crippen LogP contribution is -2.52. The molecule has 20 heavy (non-hydrogen) atoms. The Morgan fingerprint density at radius 2 is 1.90 bits per heavy atom. The average molecular weight is 273 g/mol. The fraction of sp³-hybridized carbons (Fsp3) is 0.562. The molecule has 1 N–H and O–H groups in total. The second kappa shape index (κ2) is 5.73. The Balaban J connectivity index is 1.58. The molecule has 0 unspecified atom stereocenters. The third-order valence-electron chi connectivity index (χ3n) is 4.19. The summed E-state index contributed by atoms with van der Waals surface area (Å²) in [6, 6.07) is 9.15. The summed E-state index contributed by atoms with van der Waals surface area (Å²) in [6.07, 6.45) is 3.35. The van der Waals surface area contributed by atoms with Crippen LogP contribution >= 0.6 is 0 Å². The monoisotopic (exact) mass is 273 g/mol. The number of aryl methyl sites for hydroxylation is 1. The van der Waals surface area contributed by atoms with E-state index < -0.39 is 0 Å². The van der Waals surface area contributed by atoms with E-state index in [1.807, 2.05) is 4.90 Å². The molecular formula is C16H23N3O. The van der Waals surface area contributed by atoms with Gasteiger partial charge in [0.15, 0.2) is 0 Å². The van der Waals surface area contributed by atoms with Crippen molar-refractivity contribution in [3.8, 4) is 0 Å². The van der Waals surface area contributed by atoms with Gasteiger partial charge in [-0.2, -0.15) is 0 Å². The van der Waals surface area contributed by atoms with Gasteiger partial charge in [0.05, 0.1) is 0 Å². The standard InChI is InChI=1S/C16H23N3O/c1-2-13-5-3-4-6-15(13)18-9-11-19(12-10-18)16(20)17-14-7-8-14/h3-6,14H,2,7-12H2,1H3,(H,17,20). The maximum Gasteiger partial charge on any atom is 0.317 e. The number of hydrogen-bond acceptors (Lipinski definition) is 2. The van der Waals surface area contributed by atoms with Crippen LogP contribution in [-0.2, 0) is 6.42 Å². The van der Waals surface area contributed by atoms with Gasteiger partial charge in [-0.05, 0) is 30.9 Å². The van der Waals surface area contributed by atoms with Crippen LogP contribution in [0.1, 0.15) is 25.3 Å². The van der Waals surface area contributed by atoms with E-state index in [2.05, 4.69) is 41.4 Å². The lowest BCUT2D eigenvalue weighted by molar-refractivity contribution is 0.194. The number of hydrogen-bond donors (Lipinski definition) is 1. The first kappa shape index (κ1) is 13.3. The molecule has 1 aromatic carbocycles. The SMILES string of the molecule is CCc1ccccc1N1CCN(C(=O)NC2CC2)CC1. The van der Waals surface area contributed by atoms with E-state index in [0.717, 1.165) is 45.4 Å². The number of para-hydroxylation sites is 1. The largest absolute Gasteiger partial charge is 0.368 e. The smallest absolute Gasteiger partial charge is 0.317 e. The number of benzene rings is 1. The number of nitrogens with zero attached hydrogens (tertiary/aromatic N) is 2. The highest BCUT2D eigenvalue weighted by molar-refractivity contribution is 5.75. The molecule has 1 saturated carbocycles. The molecule has 1 aromatic rings. The summed E-state index contributed by atoms with van der Waals surface area (Å²) >= 11 is 0. The van der Waals surface area contributed by atoms with Crippen molar-refractivity contribution in [1.29, 1.82) is 0 Å². The third kappa shape index (κ3) is 2.89. The van der Waals surface area contributed by atoms with E-state index in [9.17, 15) is 4.79 Å². The molecule has 108 valence electrons. The summed E-state index contributed by atoms with van der Waals surface area (Å²) in [5.41, 5.74) is 2.72. The van der Waals surface area contributed by atoms with Crippen molar-refractivity contribution in [3.63, 3.8) is 0 Å². The van der Waals surface area contributed by atoms with Gasteiger partial charge in [0.1, 0.15) is 0 Å². The van der Waals surface area contributed by atoms with Crippen LogP contribution < -0.4 is 10.2 Å². The average Bonchev–Trinajstić information content (AvgIpc) is 3.31. The van der Waals surface area contributed by atoms with Gasteiger partial charge in [-0.15, -0.1) is 0 Å². The van der Waals surface area contributed by atoms with E-state index in [0.29, 0.717) is 6.04 Å². The molecule has 0 aromatic heterocycles. The first-order valence-electron chi connectivity index (χ1n) is 7.66. The molecule has 0 atom stereocenters. The molecule has 2 fully saturated rings. The molecule has 0 bridgehead atoms. The maximum absolute atomic E-state index is 12.0. The minimum atomic E-state index is 0.121. The molecule has 4 nitrogen and oxygen atoms in total. The number of rotatable bonds is 3. The highest BCUT2D eigenvalue weighted by Gasteiger charge is 2.27. The number of anilines is 1. The van der Waals surface area contributed by atoms with Crippen LogP contribution in [0.25, 0.3) is 0 Å². The summed E-state index contributed by atoms with van der Waals surface area (Å²) in [5.74, 6) is 0. The predicted octanol–water partition coefficient (Wildman–Crippen LogP) is 2.24. The molecule has 1 saturated heterocycles. The van der Waals surface area contributed by atoms with E-state index in [-0.39, 0.29) is 6.03 Å². The molecule has 4 heteroatoms. The predicted molar refractivity (Wildman–Crippen MR) is 81.2 cm³/mol. The van der Waals surface area contributed by atoms with Crippen LogP contribution in [0.5, 0.6) is 0 Å². The summed E-state index contributed by atoms with van der Waals surface area (Å²) in [5, 5.41) is 3.07. The fourth-order valence-electron chi connectivity index (χ4n) is 2.76. The van der Waals surface area contributed by atoms with Crippen LogP contribution in [0.4, 0.5) is 10.5 Å². The van der Waals surface area contributed by atoms with Gasteiger partial charge in [-0.3, -0.25) is 0 Å². The van der Waals surface area contributed by atoms with Gasteiger partial charge in [-0.25, -0.2) is 4.79 Å². The molecule has 1 aliphatic heterocycles. The van der Waals surface area contributed by atoms with Crippen molar-refractivity contribution in [1.82, 2.24) is 10.2 Å². The molecule has 2 aliphatic rings. The lowest BCUT2D eigenvalue weighted by atomic mass is 10.1. The molecular weight excluding hydrogens is 250 g/mol. The van der Waals surface area contributed by atoms with Crippen LogP contribution in [0.15, 0.2) is 24.3 Å². The maximum atomic E-state index is 12.0. The molecule has 1 aliphatic carbocycles. The Kier molecular flexibility index (Phi) is 3.81. The Morgan fingerprint density at radius 3 is 2.55 bits per heavy atom.